The lowest BCUT2D eigenvalue weighted by Gasteiger charge is -2.40. The van der Waals surface area contributed by atoms with E-state index in [0.29, 0.717) is 18.0 Å². The number of nitrogens with zero attached hydrogens (tertiary/aromatic N) is 1. The Bertz CT molecular complexity index is 236. The molecule has 17 heavy (non-hydrogen) atoms. The predicted molar refractivity (Wildman–Crippen MR) is 83.0 cm³/mol. The lowest BCUT2D eigenvalue weighted by atomic mass is 9.67. The van der Waals surface area contributed by atoms with Crippen molar-refractivity contribution >= 4 is 29.9 Å². The minimum Gasteiger partial charge on any atom is -0.383 e. The van der Waals surface area contributed by atoms with Gasteiger partial charge >= 0.3 is 0 Å². The van der Waals surface area contributed by atoms with E-state index >= 15 is 0 Å². The molecule has 0 aromatic rings. The van der Waals surface area contributed by atoms with E-state index in [9.17, 15) is 0 Å². The predicted octanol–water partition coefficient (Wildman–Crippen LogP) is 2.12. The first kappa shape index (κ1) is 17.0. The van der Waals surface area contributed by atoms with Crippen LogP contribution in [0.1, 0.15) is 39.5 Å². The van der Waals surface area contributed by atoms with Crippen LogP contribution in [0.15, 0.2) is 4.99 Å². The van der Waals surface area contributed by atoms with Crippen molar-refractivity contribution in [1.29, 1.82) is 0 Å². The highest BCUT2D eigenvalue weighted by Crippen LogP contribution is 2.43. The third-order valence-electron chi connectivity index (χ3n) is 3.56. The van der Waals surface area contributed by atoms with Gasteiger partial charge in [0.15, 0.2) is 5.96 Å². The van der Waals surface area contributed by atoms with Crippen LogP contribution in [0, 0.1) is 5.41 Å². The number of halogens is 1. The maximum atomic E-state index is 5.83. The molecule has 102 valence electrons. The summed E-state index contributed by atoms with van der Waals surface area (Å²) in [5.74, 6) is 0.546. The highest BCUT2D eigenvalue weighted by Gasteiger charge is 2.34. The molecule has 0 aromatic heterocycles. The number of methoxy groups -OCH3 is 1. The van der Waals surface area contributed by atoms with Gasteiger partial charge in [0, 0.05) is 19.7 Å². The van der Waals surface area contributed by atoms with E-state index in [1.807, 2.05) is 6.92 Å². The topological polar surface area (TPSA) is 59.6 Å². The van der Waals surface area contributed by atoms with Crippen LogP contribution >= 0.6 is 24.0 Å². The number of hydrogen-bond acceptors (Lipinski definition) is 2. The van der Waals surface area contributed by atoms with Crippen molar-refractivity contribution in [1.82, 2.24) is 5.32 Å². The lowest BCUT2D eigenvalue weighted by Crippen LogP contribution is -2.42. The zero-order valence-corrected chi connectivity index (χ0v) is 13.5. The third-order valence-corrected chi connectivity index (χ3v) is 3.56. The summed E-state index contributed by atoms with van der Waals surface area (Å²) in [6, 6.07) is 0.215. The number of nitrogens with two attached hydrogens (primary N) is 1. The average Bonchev–Trinajstić information content (AvgIpc) is 2.17. The maximum absolute atomic E-state index is 5.83. The molecule has 1 rings (SSSR count). The highest BCUT2D eigenvalue weighted by molar-refractivity contribution is 14.0. The molecule has 4 nitrogen and oxygen atoms in total. The van der Waals surface area contributed by atoms with Crippen LogP contribution in [0.2, 0.25) is 0 Å². The molecule has 1 saturated carbocycles. The first-order valence-electron chi connectivity index (χ1n) is 6.17. The third kappa shape index (κ3) is 5.42. The molecule has 1 unspecified atom stereocenters. The van der Waals surface area contributed by atoms with Gasteiger partial charge in [-0.25, -0.2) is 0 Å². The first-order valence-corrected chi connectivity index (χ1v) is 6.17. The zero-order valence-electron chi connectivity index (χ0n) is 11.2. The Balaban J connectivity index is 0.00000256. The monoisotopic (exact) mass is 355 g/mol. The summed E-state index contributed by atoms with van der Waals surface area (Å²) in [7, 11) is 1.69. The number of ether oxygens (including phenoxy) is 1. The van der Waals surface area contributed by atoms with Crippen molar-refractivity contribution in [3.05, 3.63) is 0 Å². The molecule has 1 aliphatic rings. The summed E-state index contributed by atoms with van der Waals surface area (Å²) in [5, 5.41) is 3.13. The molecule has 0 radical (unpaired) electrons. The Labute approximate surface area is 122 Å². The smallest absolute Gasteiger partial charge is 0.188 e. The van der Waals surface area contributed by atoms with E-state index < -0.39 is 0 Å². The molecule has 5 heteroatoms. The van der Waals surface area contributed by atoms with Crippen LogP contribution in [0.5, 0.6) is 0 Å². The first-order chi connectivity index (χ1) is 7.62. The molecule has 0 saturated heterocycles. The number of hydrogen-bond donors (Lipinski definition) is 2. The van der Waals surface area contributed by atoms with Crippen molar-refractivity contribution in [2.24, 2.45) is 16.1 Å². The van der Waals surface area contributed by atoms with Gasteiger partial charge in [0.05, 0.1) is 6.61 Å². The molecule has 1 aliphatic carbocycles. The van der Waals surface area contributed by atoms with Crippen molar-refractivity contribution in [3.63, 3.8) is 0 Å². The second-order valence-electron chi connectivity index (χ2n) is 4.91. The SMILES string of the molecule is CCC1(CN=C(N)NC(C)COC)CCC1.I. The molecule has 0 aromatic carbocycles. The lowest BCUT2D eigenvalue weighted by molar-refractivity contribution is 0.139. The van der Waals surface area contributed by atoms with Crippen molar-refractivity contribution in [3.8, 4) is 0 Å². The van der Waals surface area contributed by atoms with Crippen LogP contribution in [0.25, 0.3) is 0 Å². The standard InChI is InChI=1S/C12H25N3O.HI/c1-4-12(6-5-7-12)9-14-11(13)15-10(2)8-16-3;/h10H,4-9H2,1-3H3,(H3,13,14,15);1H. The molecule has 1 atom stereocenters. The molecule has 0 aliphatic heterocycles. The number of rotatable bonds is 6. The van der Waals surface area contributed by atoms with Crippen LogP contribution in [-0.4, -0.2) is 32.3 Å². The van der Waals surface area contributed by atoms with Gasteiger partial charge in [0.1, 0.15) is 0 Å². The summed E-state index contributed by atoms with van der Waals surface area (Å²) in [5.41, 5.74) is 6.27. The second kappa shape index (κ2) is 8.13. The summed E-state index contributed by atoms with van der Waals surface area (Å²) < 4.78 is 5.03. The van der Waals surface area contributed by atoms with Gasteiger partial charge in [-0.3, -0.25) is 4.99 Å². The largest absolute Gasteiger partial charge is 0.383 e. The van der Waals surface area contributed by atoms with E-state index in [-0.39, 0.29) is 30.0 Å². The average molecular weight is 355 g/mol. The van der Waals surface area contributed by atoms with Crippen LogP contribution in [0.3, 0.4) is 0 Å². The number of guanidine groups is 1. The Hall–Kier alpha value is -0.0400. The fourth-order valence-corrected chi connectivity index (χ4v) is 2.14. The Morgan fingerprint density at radius 1 is 1.53 bits per heavy atom. The normalized spacial score (nSPS) is 20.1. The van der Waals surface area contributed by atoms with Gasteiger partial charge in [0.2, 0.25) is 0 Å². The molecular formula is C12H26IN3O. The minimum absolute atomic E-state index is 0. The van der Waals surface area contributed by atoms with Gasteiger partial charge in [0.25, 0.3) is 0 Å². The van der Waals surface area contributed by atoms with E-state index in [2.05, 4.69) is 17.2 Å². The molecular weight excluding hydrogens is 329 g/mol. The summed E-state index contributed by atoms with van der Waals surface area (Å²) in [6.07, 6.45) is 5.15. The molecule has 3 N–H and O–H groups in total. The highest BCUT2D eigenvalue weighted by atomic mass is 127. The van der Waals surface area contributed by atoms with E-state index in [1.54, 1.807) is 7.11 Å². The molecule has 0 bridgehead atoms. The van der Waals surface area contributed by atoms with Gasteiger partial charge < -0.3 is 15.8 Å². The number of aliphatic imine (C=N–C) groups is 1. The van der Waals surface area contributed by atoms with E-state index in [4.69, 9.17) is 10.5 Å². The fraction of sp³-hybridized carbons (Fsp3) is 0.917. The Kier molecular flexibility index (Phi) is 8.11. The van der Waals surface area contributed by atoms with Gasteiger partial charge in [-0.1, -0.05) is 13.3 Å². The van der Waals surface area contributed by atoms with Crippen molar-refractivity contribution < 1.29 is 4.74 Å². The van der Waals surface area contributed by atoms with E-state index in [0.717, 1.165) is 6.54 Å². The Morgan fingerprint density at radius 3 is 2.59 bits per heavy atom. The summed E-state index contributed by atoms with van der Waals surface area (Å²) in [6.45, 7) is 5.79. The molecule has 0 amide bonds. The van der Waals surface area contributed by atoms with Crippen molar-refractivity contribution in [2.75, 3.05) is 20.3 Å². The second-order valence-corrected chi connectivity index (χ2v) is 4.91. The van der Waals surface area contributed by atoms with Gasteiger partial charge in [-0.15, -0.1) is 24.0 Å². The quantitative estimate of drug-likeness (QED) is 0.436. The summed E-state index contributed by atoms with van der Waals surface area (Å²) in [4.78, 5) is 4.44. The number of nitrogens with one attached hydrogen (secondary N) is 1. The van der Waals surface area contributed by atoms with Gasteiger partial charge in [-0.05, 0) is 31.6 Å². The maximum Gasteiger partial charge on any atom is 0.188 e. The minimum atomic E-state index is 0. The van der Waals surface area contributed by atoms with Crippen LogP contribution in [-0.2, 0) is 4.74 Å². The molecule has 1 fully saturated rings. The molecule has 0 spiro atoms. The van der Waals surface area contributed by atoms with Crippen LogP contribution < -0.4 is 11.1 Å². The zero-order chi connectivity index (χ0) is 12.0. The summed E-state index contributed by atoms with van der Waals surface area (Å²) >= 11 is 0. The van der Waals surface area contributed by atoms with Crippen LogP contribution in [0.4, 0.5) is 0 Å². The Morgan fingerprint density at radius 2 is 2.18 bits per heavy atom. The molecule has 0 heterocycles. The van der Waals surface area contributed by atoms with Gasteiger partial charge in [-0.2, -0.15) is 0 Å². The van der Waals surface area contributed by atoms with E-state index in [1.165, 1.54) is 25.7 Å². The van der Waals surface area contributed by atoms with Crippen molar-refractivity contribution in [2.45, 2.75) is 45.6 Å². The fourth-order valence-electron chi connectivity index (χ4n) is 2.14.